The Bertz CT molecular complexity index is 810. The number of benzene rings is 2. The van der Waals surface area contributed by atoms with E-state index in [0.29, 0.717) is 0 Å². The summed E-state index contributed by atoms with van der Waals surface area (Å²) in [5, 5.41) is 2.29. The Morgan fingerprint density at radius 1 is 0.708 bits per heavy atom. The molecule has 0 aliphatic heterocycles. The fraction of sp³-hybridized carbons (Fsp3) is 0. The van der Waals surface area contributed by atoms with Crippen LogP contribution < -0.4 is 10.1 Å². The Kier molecular flexibility index (Phi) is 6.91. The molecule has 0 aliphatic rings. The van der Waals surface area contributed by atoms with Crippen LogP contribution in [0.5, 0.6) is 5.75 Å². The standard InChI is InChI=1S/C13H3Cl8NO2/c14-3-1-5(16)6(2-4(3)15)22-13(23)24-12-10(20)8(18)7(17)9(19)11(12)21/h1-2H,(H,22,23). The number of anilines is 1. The molecule has 0 saturated heterocycles. The minimum absolute atomic E-state index is 0.0615. The molecule has 2 aromatic carbocycles. The van der Waals surface area contributed by atoms with Crippen LogP contribution in [0.2, 0.25) is 40.2 Å². The molecule has 0 saturated carbocycles. The van der Waals surface area contributed by atoms with Gasteiger partial charge in [0.1, 0.15) is 10.0 Å². The number of ether oxygens (including phenoxy) is 1. The largest absolute Gasteiger partial charge is 0.417 e. The average Bonchev–Trinajstić information content (AvgIpc) is 2.53. The van der Waals surface area contributed by atoms with Crippen LogP contribution in [0.4, 0.5) is 10.5 Å². The third kappa shape index (κ3) is 4.22. The van der Waals surface area contributed by atoms with Gasteiger partial charge in [0.2, 0.25) is 0 Å². The van der Waals surface area contributed by atoms with E-state index in [1.165, 1.54) is 12.1 Å². The predicted octanol–water partition coefficient (Wildman–Crippen LogP) is 8.52. The van der Waals surface area contributed by atoms with Gasteiger partial charge in [-0.15, -0.1) is 0 Å². The normalized spacial score (nSPS) is 10.7. The maximum absolute atomic E-state index is 12.0. The van der Waals surface area contributed by atoms with E-state index in [0.717, 1.165) is 0 Å². The second-order valence-corrected chi connectivity index (χ2v) is 7.27. The van der Waals surface area contributed by atoms with Crippen molar-refractivity contribution in [1.82, 2.24) is 0 Å². The number of nitrogens with one attached hydrogen (secondary N) is 1. The summed E-state index contributed by atoms with van der Waals surface area (Å²) in [7, 11) is 0. The molecule has 1 N–H and O–H groups in total. The first kappa shape index (κ1) is 20.3. The monoisotopic (exact) mass is 485 g/mol. The van der Waals surface area contributed by atoms with Crippen molar-refractivity contribution in [3.8, 4) is 5.75 Å². The molecule has 0 radical (unpaired) electrons. The summed E-state index contributed by atoms with van der Waals surface area (Å²) in [5.74, 6) is -0.258. The van der Waals surface area contributed by atoms with E-state index in [2.05, 4.69) is 5.32 Å². The van der Waals surface area contributed by atoms with E-state index in [-0.39, 0.29) is 51.6 Å². The lowest BCUT2D eigenvalue weighted by molar-refractivity contribution is 0.215. The van der Waals surface area contributed by atoms with E-state index >= 15 is 0 Å². The summed E-state index contributed by atoms with van der Waals surface area (Å²) in [6, 6.07) is 2.70. The first-order chi connectivity index (χ1) is 11.1. The van der Waals surface area contributed by atoms with Gasteiger partial charge in [-0.25, -0.2) is 4.79 Å². The number of rotatable bonds is 2. The Labute approximate surface area is 176 Å². The molecule has 2 aromatic rings. The predicted molar refractivity (Wildman–Crippen MR) is 103 cm³/mol. The third-order valence-electron chi connectivity index (χ3n) is 2.61. The zero-order valence-corrected chi connectivity index (χ0v) is 17.0. The Morgan fingerprint density at radius 2 is 1.17 bits per heavy atom. The fourth-order valence-corrected chi connectivity index (χ4v) is 3.31. The van der Waals surface area contributed by atoms with Crippen LogP contribution in [-0.4, -0.2) is 6.09 Å². The smallest absolute Gasteiger partial charge is 0.407 e. The van der Waals surface area contributed by atoms with Gasteiger partial charge in [0.05, 0.1) is 35.8 Å². The van der Waals surface area contributed by atoms with Gasteiger partial charge in [-0.1, -0.05) is 92.8 Å². The van der Waals surface area contributed by atoms with Gasteiger partial charge in [0, 0.05) is 0 Å². The SMILES string of the molecule is O=C(Nc1cc(Cl)c(Cl)cc1Cl)Oc1c(Cl)c(Cl)c(Cl)c(Cl)c1Cl. The summed E-state index contributed by atoms with van der Waals surface area (Å²) >= 11 is 47.2. The van der Waals surface area contributed by atoms with E-state index in [9.17, 15) is 4.79 Å². The van der Waals surface area contributed by atoms with Gasteiger partial charge in [0.15, 0.2) is 5.75 Å². The molecule has 2 rings (SSSR count). The van der Waals surface area contributed by atoms with Crippen molar-refractivity contribution in [2.75, 3.05) is 5.32 Å². The third-order valence-corrected chi connectivity index (χ3v) is 5.89. The summed E-state index contributed by atoms with van der Waals surface area (Å²) in [4.78, 5) is 12.0. The topological polar surface area (TPSA) is 38.3 Å². The molecule has 128 valence electrons. The number of halogens is 8. The zero-order chi connectivity index (χ0) is 18.2. The Hall–Kier alpha value is 0.0300. The summed E-state index contributed by atoms with van der Waals surface area (Å²) in [5.41, 5.74) is 0.162. The maximum Gasteiger partial charge on any atom is 0.417 e. The minimum Gasteiger partial charge on any atom is -0.407 e. The average molecular weight is 489 g/mol. The highest BCUT2D eigenvalue weighted by Gasteiger charge is 2.23. The van der Waals surface area contributed by atoms with Gasteiger partial charge in [-0.2, -0.15) is 0 Å². The van der Waals surface area contributed by atoms with E-state index in [4.69, 9.17) is 97.5 Å². The Balaban J connectivity index is 2.30. The second-order valence-electron chi connectivity index (χ2n) is 4.16. The van der Waals surface area contributed by atoms with Crippen molar-refractivity contribution in [2.24, 2.45) is 0 Å². The second kappa shape index (κ2) is 8.15. The molecule has 0 spiro atoms. The van der Waals surface area contributed by atoms with Crippen molar-refractivity contribution in [3.63, 3.8) is 0 Å². The minimum atomic E-state index is -0.964. The molecule has 3 nitrogen and oxygen atoms in total. The maximum atomic E-state index is 12.0. The number of carbonyl (C=O) groups excluding carboxylic acids is 1. The lowest BCUT2D eigenvalue weighted by Gasteiger charge is -2.13. The quantitative estimate of drug-likeness (QED) is 0.340. The lowest BCUT2D eigenvalue weighted by Crippen LogP contribution is -2.17. The molecule has 0 bridgehead atoms. The van der Waals surface area contributed by atoms with Gasteiger partial charge in [-0.05, 0) is 12.1 Å². The van der Waals surface area contributed by atoms with Crippen molar-refractivity contribution in [2.45, 2.75) is 0 Å². The van der Waals surface area contributed by atoms with Gasteiger partial charge in [0.25, 0.3) is 0 Å². The lowest BCUT2D eigenvalue weighted by atomic mass is 10.3. The van der Waals surface area contributed by atoms with Crippen molar-refractivity contribution in [1.29, 1.82) is 0 Å². The zero-order valence-electron chi connectivity index (χ0n) is 11.0. The molecule has 0 unspecified atom stereocenters. The molecule has 0 fully saturated rings. The highest BCUT2D eigenvalue weighted by Crippen LogP contribution is 2.48. The molecule has 11 heteroatoms. The van der Waals surface area contributed by atoms with Crippen LogP contribution in [0, 0.1) is 0 Å². The van der Waals surface area contributed by atoms with Crippen molar-refractivity contribution < 1.29 is 9.53 Å². The molecule has 0 heterocycles. The fourth-order valence-electron chi connectivity index (χ4n) is 1.52. The number of amides is 1. The van der Waals surface area contributed by atoms with Gasteiger partial charge >= 0.3 is 6.09 Å². The summed E-state index contributed by atoms with van der Waals surface area (Å²) in [6.45, 7) is 0. The van der Waals surface area contributed by atoms with Crippen LogP contribution in [0.3, 0.4) is 0 Å². The van der Waals surface area contributed by atoms with Crippen LogP contribution >= 0.6 is 92.8 Å². The Morgan fingerprint density at radius 3 is 1.71 bits per heavy atom. The van der Waals surface area contributed by atoms with Crippen LogP contribution in [0.25, 0.3) is 0 Å². The van der Waals surface area contributed by atoms with Crippen LogP contribution in [0.15, 0.2) is 12.1 Å². The molecular weight excluding hydrogens is 486 g/mol. The number of hydrogen-bond donors (Lipinski definition) is 1. The molecule has 0 atom stereocenters. The van der Waals surface area contributed by atoms with Crippen molar-refractivity contribution >= 4 is 105 Å². The molecular formula is C13H3Cl8NO2. The van der Waals surface area contributed by atoms with Crippen LogP contribution in [0.1, 0.15) is 0 Å². The summed E-state index contributed by atoms with van der Waals surface area (Å²) in [6.07, 6.45) is -0.964. The molecule has 1 amide bonds. The van der Waals surface area contributed by atoms with E-state index in [1.54, 1.807) is 0 Å². The number of hydrogen-bond acceptors (Lipinski definition) is 2. The van der Waals surface area contributed by atoms with Crippen molar-refractivity contribution in [3.05, 3.63) is 52.3 Å². The first-order valence-corrected chi connectivity index (χ1v) is 8.80. The van der Waals surface area contributed by atoms with Gasteiger partial charge < -0.3 is 4.74 Å². The number of carbonyl (C=O) groups is 1. The molecule has 24 heavy (non-hydrogen) atoms. The molecule has 0 aromatic heterocycles. The van der Waals surface area contributed by atoms with E-state index in [1.807, 2.05) is 0 Å². The van der Waals surface area contributed by atoms with E-state index < -0.39 is 6.09 Å². The molecule has 0 aliphatic carbocycles. The van der Waals surface area contributed by atoms with Gasteiger partial charge in [-0.3, -0.25) is 5.32 Å². The first-order valence-electron chi connectivity index (χ1n) is 5.78. The summed E-state index contributed by atoms with van der Waals surface area (Å²) < 4.78 is 5.05. The van der Waals surface area contributed by atoms with Crippen LogP contribution in [-0.2, 0) is 0 Å². The highest BCUT2D eigenvalue weighted by atomic mass is 35.5. The highest BCUT2D eigenvalue weighted by molar-refractivity contribution is 6.55.